The zero-order valence-corrected chi connectivity index (χ0v) is 17.0. The maximum atomic E-state index is 6.24. The minimum atomic E-state index is 0.157. The molecule has 152 valence electrons. The van der Waals surface area contributed by atoms with Crippen LogP contribution in [0, 0.1) is 5.92 Å². The maximum absolute atomic E-state index is 6.24. The summed E-state index contributed by atoms with van der Waals surface area (Å²) in [6.07, 6.45) is 9.69. The molecule has 2 atom stereocenters. The summed E-state index contributed by atoms with van der Waals surface area (Å²) in [6.45, 7) is 7.98. The van der Waals surface area contributed by atoms with E-state index in [0.717, 1.165) is 51.6 Å². The van der Waals surface area contributed by atoms with Crippen LogP contribution < -0.4 is 0 Å². The minimum absolute atomic E-state index is 0.157. The van der Waals surface area contributed by atoms with Gasteiger partial charge in [0.25, 0.3) is 0 Å². The molecule has 5 rings (SSSR count). The Morgan fingerprint density at radius 2 is 2.00 bits per heavy atom. The summed E-state index contributed by atoms with van der Waals surface area (Å²) in [5.41, 5.74) is 1.23. The fourth-order valence-electron chi connectivity index (χ4n) is 5.41. The van der Waals surface area contributed by atoms with Crippen molar-refractivity contribution in [3.05, 3.63) is 29.6 Å². The second kappa shape index (κ2) is 7.95. The SMILES string of the molecule is CCn1nccc1[C@@H]1OCCC[C@H]1CN1CCn2c(nnc2C2CCCC2)C1. The van der Waals surface area contributed by atoms with Gasteiger partial charge in [0.1, 0.15) is 17.8 Å². The quantitative estimate of drug-likeness (QED) is 0.793. The highest BCUT2D eigenvalue weighted by Gasteiger charge is 2.33. The molecule has 2 aliphatic heterocycles. The van der Waals surface area contributed by atoms with E-state index in [1.54, 1.807) is 0 Å². The molecule has 1 saturated carbocycles. The summed E-state index contributed by atoms with van der Waals surface area (Å²) in [5, 5.41) is 13.6. The first-order chi connectivity index (χ1) is 13.8. The van der Waals surface area contributed by atoms with E-state index in [4.69, 9.17) is 4.74 Å². The number of hydrogen-bond acceptors (Lipinski definition) is 5. The van der Waals surface area contributed by atoms with Gasteiger partial charge >= 0.3 is 0 Å². The van der Waals surface area contributed by atoms with Crippen LogP contribution in [0.4, 0.5) is 0 Å². The van der Waals surface area contributed by atoms with Crippen molar-refractivity contribution in [1.29, 1.82) is 0 Å². The smallest absolute Gasteiger partial charge is 0.147 e. The topological polar surface area (TPSA) is 61.0 Å². The van der Waals surface area contributed by atoms with Gasteiger partial charge in [-0.15, -0.1) is 10.2 Å². The molecule has 0 aromatic carbocycles. The van der Waals surface area contributed by atoms with Gasteiger partial charge in [-0.3, -0.25) is 9.58 Å². The molecule has 0 unspecified atom stereocenters. The predicted octanol–water partition coefficient (Wildman–Crippen LogP) is 3.14. The third-order valence-corrected chi connectivity index (χ3v) is 6.86. The van der Waals surface area contributed by atoms with E-state index in [0.29, 0.717) is 11.8 Å². The molecule has 0 radical (unpaired) electrons. The highest BCUT2D eigenvalue weighted by atomic mass is 16.5. The molecule has 0 amide bonds. The lowest BCUT2D eigenvalue weighted by atomic mass is 9.91. The summed E-state index contributed by atoms with van der Waals surface area (Å²) in [5.74, 6) is 3.55. The van der Waals surface area contributed by atoms with E-state index < -0.39 is 0 Å². The number of nitrogens with zero attached hydrogens (tertiary/aromatic N) is 6. The average Bonchev–Trinajstić information content (AvgIpc) is 3.47. The largest absolute Gasteiger partial charge is 0.372 e. The Balaban J connectivity index is 1.28. The van der Waals surface area contributed by atoms with E-state index in [1.807, 2.05) is 6.20 Å². The van der Waals surface area contributed by atoms with Crippen LogP contribution in [0.2, 0.25) is 0 Å². The molecule has 0 spiro atoms. The molecule has 2 aromatic heterocycles. The molecule has 4 heterocycles. The van der Waals surface area contributed by atoms with Crippen LogP contribution >= 0.6 is 0 Å². The summed E-state index contributed by atoms with van der Waals surface area (Å²) in [7, 11) is 0. The first-order valence-electron chi connectivity index (χ1n) is 11.1. The normalized spacial score (nSPS) is 26.6. The molecular weight excluding hydrogens is 352 g/mol. The zero-order chi connectivity index (χ0) is 18.9. The molecule has 2 fully saturated rings. The highest BCUT2D eigenvalue weighted by molar-refractivity contribution is 5.09. The summed E-state index contributed by atoms with van der Waals surface area (Å²) >= 11 is 0. The number of ether oxygens (including phenoxy) is 1. The Hall–Kier alpha value is -1.73. The number of rotatable bonds is 5. The molecule has 0 N–H and O–H groups in total. The number of fused-ring (bicyclic) bond motifs is 1. The monoisotopic (exact) mass is 384 g/mol. The van der Waals surface area contributed by atoms with Crippen molar-refractivity contribution >= 4 is 0 Å². The third kappa shape index (κ3) is 3.39. The molecule has 2 aromatic rings. The lowest BCUT2D eigenvalue weighted by Crippen LogP contribution is -2.40. The van der Waals surface area contributed by atoms with Gasteiger partial charge < -0.3 is 9.30 Å². The highest BCUT2D eigenvalue weighted by Crippen LogP contribution is 2.36. The van der Waals surface area contributed by atoms with Crippen molar-refractivity contribution in [3.63, 3.8) is 0 Å². The Bertz CT molecular complexity index is 793. The van der Waals surface area contributed by atoms with E-state index in [-0.39, 0.29) is 6.10 Å². The van der Waals surface area contributed by atoms with Crippen LogP contribution in [0.25, 0.3) is 0 Å². The number of hydrogen-bond donors (Lipinski definition) is 0. The molecule has 7 nitrogen and oxygen atoms in total. The Labute approximate surface area is 167 Å². The summed E-state index contributed by atoms with van der Waals surface area (Å²) in [6, 6.07) is 2.13. The van der Waals surface area contributed by atoms with Crippen molar-refractivity contribution in [2.24, 2.45) is 5.92 Å². The third-order valence-electron chi connectivity index (χ3n) is 6.86. The van der Waals surface area contributed by atoms with E-state index in [2.05, 4.69) is 42.4 Å². The van der Waals surface area contributed by atoms with Crippen molar-refractivity contribution in [2.45, 2.75) is 77.1 Å². The molecular formula is C21H32N6O. The predicted molar refractivity (Wildman–Crippen MR) is 106 cm³/mol. The maximum Gasteiger partial charge on any atom is 0.147 e. The van der Waals surface area contributed by atoms with Gasteiger partial charge in [0.05, 0.1) is 12.2 Å². The molecule has 0 bridgehead atoms. The van der Waals surface area contributed by atoms with E-state index >= 15 is 0 Å². The summed E-state index contributed by atoms with van der Waals surface area (Å²) < 4.78 is 10.7. The number of aryl methyl sites for hydroxylation is 1. The van der Waals surface area contributed by atoms with E-state index in [1.165, 1.54) is 43.6 Å². The fourth-order valence-corrected chi connectivity index (χ4v) is 5.41. The van der Waals surface area contributed by atoms with Gasteiger partial charge in [-0.25, -0.2) is 0 Å². The van der Waals surface area contributed by atoms with Crippen LogP contribution in [-0.4, -0.2) is 49.1 Å². The molecule has 3 aliphatic rings. The van der Waals surface area contributed by atoms with Gasteiger partial charge in [0.2, 0.25) is 0 Å². The van der Waals surface area contributed by atoms with Gasteiger partial charge in [0.15, 0.2) is 0 Å². The second-order valence-electron chi connectivity index (χ2n) is 8.61. The molecule has 7 heteroatoms. The van der Waals surface area contributed by atoms with Crippen LogP contribution in [0.15, 0.2) is 12.3 Å². The molecule has 28 heavy (non-hydrogen) atoms. The lowest BCUT2D eigenvalue weighted by Gasteiger charge is -2.37. The number of aromatic nitrogens is 5. The first kappa shape index (κ1) is 18.3. The van der Waals surface area contributed by atoms with E-state index in [9.17, 15) is 0 Å². The average molecular weight is 385 g/mol. The van der Waals surface area contributed by atoms with Crippen LogP contribution in [0.1, 0.15) is 74.8 Å². The zero-order valence-electron chi connectivity index (χ0n) is 17.0. The van der Waals surface area contributed by atoms with Gasteiger partial charge in [-0.2, -0.15) is 5.10 Å². The van der Waals surface area contributed by atoms with Gasteiger partial charge in [-0.1, -0.05) is 12.8 Å². The van der Waals surface area contributed by atoms with Crippen LogP contribution in [0.3, 0.4) is 0 Å². The van der Waals surface area contributed by atoms with Crippen molar-refractivity contribution in [3.8, 4) is 0 Å². The second-order valence-corrected chi connectivity index (χ2v) is 8.61. The van der Waals surface area contributed by atoms with Crippen LogP contribution in [0.5, 0.6) is 0 Å². The van der Waals surface area contributed by atoms with Crippen molar-refractivity contribution in [1.82, 2.24) is 29.4 Å². The standard InChI is InChI=1S/C21H32N6O/c1-2-27-18(9-10-22-27)20-17(8-5-13-28-20)14-25-11-12-26-19(15-25)23-24-21(26)16-6-3-4-7-16/h9-10,16-17,20H,2-8,11-15H2,1H3/t17-,20+/m0/s1. The Morgan fingerprint density at radius 1 is 1.11 bits per heavy atom. The summed E-state index contributed by atoms with van der Waals surface area (Å²) in [4.78, 5) is 2.56. The Kier molecular flexibility index (Phi) is 5.20. The van der Waals surface area contributed by atoms with Gasteiger partial charge in [0, 0.05) is 50.8 Å². The van der Waals surface area contributed by atoms with Crippen molar-refractivity contribution in [2.75, 3.05) is 19.7 Å². The Morgan fingerprint density at radius 3 is 2.86 bits per heavy atom. The van der Waals surface area contributed by atoms with Crippen molar-refractivity contribution < 1.29 is 4.74 Å². The van der Waals surface area contributed by atoms with Crippen LogP contribution in [-0.2, 0) is 24.4 Å². The lowest BCUT2D eigenvalue weighted by molar-refractivity contribution is -0.0458. The fraction of sp³-hybridized carbons (Fsp3) is 0.762. The minimum Gasteiger partial charge on any atom is -0.372 e. The molecule has 1 aliphatic carbocycles. The molecule has 1 saturated heterocycles. The first-order valence-corrected chi connectivity index (χ1v) is 11.1. The van der Waals surface area contributed by atoms with Gasteiger partial charge in [-0.05, 0) is 38.7 Å².